The fourth-order valence-electron chi connectivity index (χ4n) is 3.38. The highest BCUT2D eigenvalue weighted by atomic mass is 16.4. The fraction of sp³-hybridized carbons (Fsp3) is 0.158. The summed E-state index contributed by atoms with van der Waals surface area (Å²) in [4.78, 5) is 29.4. The number of carbonyl (C=O) groups is 2. The molecule has 2 aromatic carbocycles. The number of nitrogens with zero attached hydrogens (tertiary/aromatic N) is 1. The Bertz CT molecular complexity index is 944. The second-order valence-corrected chi connectivity index (χ2v) is 6.00. The number of H-pyrrole nitrogens is 1. The number of carboxylic acid groups (broad SMARTS) is 1. The van der Waals surface area contributed by atoms with Crippen molar-refractivity contribution in [3.05, 3.63) is 71.4 Å². The molecule has 0 fully saturated rings. The predicted molar refractivity (Wildman–Crippen MR) is 89.7 cm³/mol. The van der Waals surface area contributed by atoms with Gasteiger partial charge in [-0.2, -0.15) is 0 Å². The number of hydrogen-bond acceptors (Lipinski definition) is 2. The third-order valence-corrected chi connectivity index (χ3v) is 4.62. The molecule has 1 aliphatic heterocycles. The molecule has 1 amide bonds. The normalized spacial score (nSPS) is 16.8. The van der Waals surface area contributed by atoms with Crippen LogP contribution in [0.5, 0.6) is 0 Å². The van der Waals surface area contributed by atoms with Crippen molar-refractivity contribution in [2.45, 2.75) is 19.0 Å². The number of rotatable bonds is 2. The maximum absolute atomic E-state index is 13.1. The first-order valence-corrected chi connectivity index (χ1v) is 7.82. The van der Waals surface area contributed by atoms with Gasteiger partial charge in [0.15, 0.2) is 0 Å². The number of carbonyl (C=O) groups excluding carboxylic acids is 1. The van der Waals surface area contributed by atoms with E-state index >= 15 is 0 Å². The number of fused-ring (bicyclic) bond motifs is 2. The Hall–Kier alpha value is -3.08. The summed E-state index contributed by atoms with van der Waals surface area (Å²) in [5.74, 6) is -1.22. The van der Waals surface area contributed by atoms with Crippen LogP contribution in [0.2, 0.25) is 0 Å². The first-order valence-electron chi connectivity index (χ1n) is 7.82. The van der Waals surface area contributed by atoms with E-state index in [0.717, 1.165) is 22.0 Å². The van der Waals surface area contributed by atoms with Gasteiger partial charge in [-0.05, 0) is 29.3 Å². The van der Waals surface area contributed by atoms with Crippen molar-refractivity contribution in [3.63, 3.8) is 0 Å². The lowest BCUT2D eigenvalue weighted by Crippen LogP contribution is -2.48. The zero-order valence-corrected chi connectivity index (χ0v) is 12.9. The molecular formula is C19H16N2O3. The van der Waals surface area contributed by atoms with Crippen LogP contribution >= 0.6 is 0 Å². The summed E-state index contributed by atoms with van der Waals surface area (Å²) < 4.78 is 0. The molecule has 120 valence electrons. The van der Waals surface area contributed by atoms with E-state index in [0.29, 0.717) is 18.5 Å². The molecule has 1 aliphatic rings. The van der Waals surface area contributed by atoms with Gasteiger partial charge >= 0.3 is 5.97 Å². The number of aromatic amines is 1. The van der Waals surface area contributed by atoms with Crippen LogP contribution in [0.4, 0.5) is 0 Å². The molecule has 3 aromatic rings. The number of amides is 1. The van der Waals surface area contributed by atoms with Gasteiger partial charge in [0.25, 0.3) is 5.91 Å². The molecule has 0 saturated heterocycles. The van der Waals surface area contributed by atoms with Crippen LogP contribution in [-0.4, -0.2) is 32.9 Å². The monoisotopic (exact) mass is 320 g/mol. The Labute approximate surface area is 138 Å². The molecule has 0 aliphatic carbocycles. The molecule has 1 atom stereocenters. The highest BCUT2D eigenvalue weighted by Gasteiger charge is 2.35. The van der Waals surface area contributed by atoms with Gasteiger partial charge in [0.2, 0.25) is 0 Å². The van der Waals surface area contributed by atoms with Gasteiger partial charge in [-0.25, -0.2) is 4.79 Å². The minimum atomic E-state index is -0.973. The third-order valence-electron chi connectivity index (χ3n) is 4.62. The molecule has 1 aromatic heterocycles. The van der Waals surface area contributed by atoms with Crippen LogP contribution in [0.25, 0.3) is 10.9 Å². The second-order valence-electron chi connectivity index (χ2n) is 6.00. The topological polar surface area (TPSA) is 73.4 Å². The summed E-state index contributed by atoms with van der Waals surface area (Å²) in [7, 11) is 0. The lowest BCUT2D eigenvalue weighted by atomic mass is 9.93. The van der Waals surface area contributed by atoms with Gasteiger partial charge in [0.05, 0.1) is 0 Å². The van der Waals surface area contributed by atoms with Crippen molar-refractivity contribution >= 4 is 22.8 Å². The highest BCUT2D eigenvalue weighted by Crippen LogP contribution is 2.27. The van der Waals surface area contributed by atoms with Gasteiger partial charge in [0.1, 0.15) is 6.04 Å². The van der Waals surface area contributed by atoms with Crippen molar-refractivity contribution in [3.8, 4) is 0 Å². The van der Waals surface area contributed by atoms with Crippen LogP contribution in [-0.2, 0) is 17.8 Å². The minimum absolute atomic E-state index is 0.248. The van der Waals surface area contributed by atoms with E-state index in [1.165, 1.54) is 4.90 Å². The molecule has 0 spiro atoms. The largest absolute Gasteiger partial charge is 0.480 e. The summed E-state index contributed by atoms with van der Waals surface area (Å²) in [6.07, 6.45) is 2.11. The zero-order chi connectivity index (χ0) is 16.7. The number of benzene rings is 2. The van der Waals surface area contributed by atoms with E-state index in [1.807, 2.05) is 36.4 Å². The van der Waals surface area contributed by atoms with E-state index in [-0.39, 0.29) is 5.91 Å². The van der Waals surface area contributed by atoms with Crippen LogP contribution in [0.15, 0.2) is 54.7 Å². The number of carboxylic acids is 1. The number of aliphatic carboxylic acids is 1. The van der Waals surface area contributed by atoms with Crippen molar-refractivity contribution in [2.75, 3.05) is 0 Å². The number of hydrogen-bond donors (Lipinski definition) is 2. The average molecular weight is 320 g/mol. The highest BCUT2D eigenvalue weighted by molar-refractivity contribution is 6.07. The van der Waals surface area contributed by atoms with E-state index in [4.69, 9.17) is 0 Å². The minimum Gasteiger partial charge on any atom is -0.480 e. The first kappa shape index (κ1) is 14.5. The molecule has 2 N–H and O–H groups in total. The summed E-state index contributed by atoms with van der Waals surface area (Å²) >= 11 is 0. The summed E-state index contributed by atoms with van der Waals surface area (Å²) in [5.41, 5.74) is 3.39. The van der Waals surface area contributed by atoms with Crippen molar-refractivity contribution in [1.82, 2.24) is 9.88 Å². The maximum Gasteiger partial charge on any atom is 0.326 e. The van der Waals surface area contributed by atoms with E-state index in [1.54, 1.807) is 18.3 Å². The quantitative estimate of drug-likeness (QED) is 0.762. The standard InChI is InChI=1S/C19H16N2O3/c22-18(15-6-3-7-16-14(15)8-9-20-16)21-11-13-5-2-1-4-12(13)10-17(21)19(23)24/h1-9,17,20H,10-11H2,(H,23,24)/t17-/m1/s1. The molecule has 0 unspecified atom stereocenters. The second kappa shape index (κ2) is 5.53. The molecule has 24 heavy (non-hydrogen) atoms. The van der Waals surface area contributed by atoms with Crippen LogP contribution in [0.1, 0.15) is 21.5 Å². The zero-order valence-electron chi connectivity index (χ0n) is 12.9. The van der Waals surface area contributed by atoms with Crippen LogP contribution in [0, 0.1) is 0 Å². The van der Waals surface area contributed by atoms with Gasteiger partial charge in [-0.1, -0.05) is 30.3 Å². The lowest BCUT2D eigenvalue weighted by Gasteiger charge is -2.34. The Morgan fingerprint density at radius 2 is 1.83 bits per heavy atom. The summed E-state index contributed by atoms with van der Waals surface area (Å²) in [5, 5.41) is 10.4. The molecule has 2 heterocycles. The summed E-state index contributed by atoms with van der Waals surface area (Å²) in [6, 6.07) is 14.1. The lowest BCUT2D eigenvalue weighted by molar-refractivity contribution is -0.142. The van der Waals surface area contributed by atoms with Gasteiger partial charge in [-0.15, -0.1) is 0 Å². The van der Waals surface area contributed by atoms with Crippen molar-refractivity contribution < 1.29 is 14.7 Å². The predicted octanol–water partition coefficient (Wildman–Crippen LogP) is 2.82. The molecule has 0 radical (unpaired) electrons. The van der Waals surface area contributed by atoms with E-state index < -0.39 is 12.0 Å². The maximum atomic E-state index is 13.1. The molecular weight excluding hydrogens is 304 g/mol. The Morgan fingerprint density at radius 1 is 1.04 bits per heavy atom. The van der Waals surface area contributed by atoms with E-state index in [2.05, 4.69) is 4.98 Å². The van der Waals surface area contributed by atoms with Crippen LogP contribution in [0.3, 0.4) is 0 Å². The molecule has 0 saturated carbocycles. The van der Waals surface area contributed by atoms with Gasteiger partial charge < -0.3 is 15.0 Å². The third kappa shape index (κ3) is 2.25. The van der Waals surface area contributed by atoms with Crippen molar-refractivity contribution in [2.24, 2.45) is 0 Å². The Balaban J connectivity index is 1.77. The smallest absolute Gasteiger partial charge is 0.326 e. The first-order chi connectivity index (χ1) is 11.6. The average Bonchev–Trinajstić information content (AvgIpc) is 3.08. The summed E-state index contributed by atoms with van der Waals surface area (Å²) in [6.45, 7) is 0.312. The molecule has 5 nitrogen and oxygen atoms in total. The molecule has 0 bridgehead atoms. The van der Waals surface area contributed by atoms with Gasteiger partial charge in [-0.3, -0.25) is 4.79 Å². The Morgan fingerprint density at radius 3 is 2.62 bits per heavy atom. The van der Waals surface area contributed by atoms with Crippen molar-refractivity contribution in [1.29, 1.82) is 0 Å². The van der Waals surface area contributed by atoms with Gasteiger partial charge in [0, 0.05) is 35.6 Å². The molecule has 4 rings (SSSR count). The van der Waals surface area contributed by atoms with E-state index in [9.17, 15) is 14.7 Å². The SMILES string of the molecule is O=C(O)[C@H]1Cc2ccccc2CN1C(=O)c1cccc2[nH]ccc12. The fourth-order valence-corrected chi connectivity index (χ4v) is 3.38. The van der Waals surface area contributed by atoms with Crippen LogP contribution < -0.4 is 0 Å². The number of aromatic nitrogens is 1. The number of nitrogens with one attached hydrogen (secondary N) is 1. The molecule has 5 heteroatoms. The Kier molecular flexibility index (Phi) is 3.34.